The summed E-state index contributed by atoms with van der Waals surface area (Å²) in [5, 5.41) is 4.37. The molecule has 0 bridgehead atoms. The van der Waals surface area contributed by atoms with E-state index in [0.29, 0.717) is 51.9 Å². The minimum absolute atomic E-state index is 0.310. The van der Waals surface area contributed by atoms with E-state index in [1.54, 1.807) is 11.1 Å². The summed E-state index contributed by atoms with van der Waals surface area (Å²) in [5.41, 5.74) is 6.08. The second-order valence-electron chi connectivity index (χ2n) is 8.18. The van der Waals surface area contributed by atoms with Gasteiger partial charge in [0.15, 0.2) is 0 Å². The minimum Gasteiger partial charge on any atom is -0.444 e. The van der Waals surface area contributed by atoms with Crippen LogP contribution in [0, 0.1) is 12.4 Å². The molecule has 1 aliphatic rings. The van der Waals surface area contributed by atoms with Crippen LogP contribution in [0.4, 0.5) is 15.0 Å². The maximum Gasteiger partial charge on any atom is 0.410 e. The number of benzene rings is 1. The largest absolute Gasteiger partial charge is 0.444 e. The van der Waals surface area contributed by atoms with E-state index in [9.17, 15) is 9.18 Å². The number of aromatic nitrogens is 2. The third kappa shape index (κ3) is 4.32. The van der Waals surface area contributed by atoms with Crippen LogP contribution in [0.5, 0.6) is 0 Å². The number of piperidine rings is 1. The molecule has 7 nitrogen and oxygen atoms in total. The van der Waals surface area contributed by atoms with E-state index < -0.39 is 17.0 Å². The molecule has 30 heavy (non-hydrogen) atoms. The van der Waals surface area contributed by atoms with Crippen LogP contribution in [-0.4, -0.2) is 39.5 Å². The van der Waals surface area contributed by atoms with Crippen molar-refractivity contribution >= 4 is 43.8 Å². The second-order valence-corrected chi connectivity index (χ2v) is 9.89. The van der Waals surface area contributed by atoms with Gasteiger partial charge < -0.3 is 20.2 Å². The van der Waals surface area contributed by atoms with Crippen molar-refractivity contribution in [2.45, 2.75) is 44.8 Å². The molecule has 1 fully saturated rings. The molecule has 2 N–H and O–H groups in total. The van der Waals surface area contributed by atoms with Crippen LogP contribution in [0.2, 0.25) is 0 Å². The molecule has 2 heterocycles. The summed E-state index contributed by atoms with van der Waals surface area (Å²) in [6.07, 6.45) is 2.02. The van der Waals surface area contributed by atoms with Crippen LogP contribution in [0.3, 0.4) is 0 Å². The lowest BCUT2D eigenvalue weighted by molar-refractivity contribution is 0.0182. The number of nitrogen functional groups attached to an aromatic ring is 1. The van der Waals surface area contributed by atoms with Crippen molar-refractivity contribution in [2.75, 3.05) is 18.8 Å². The lowest BCUT2D eigenvalue weighted by Gasteiger charge is -2.34. The molecule has 1 aromatic heterocycles. The van der Waals surface area contributed by atoms with Crippen molar-refractivity contribution in [1.82, 2.24) is 14.7 Å². The van der Waals surface area contributed by atoms with Gasteiger partial charge in [-0.1, -0.05) is 0 Å². The number of hydrogen-bond donors (Lipinski definition) is 1. The van der Waals surface area contributed by atoms with Gasteiger partial charge >= 0.3 is 6.09 Å². The van der Waals surface area contributed by atoms with Crippen molar-refractivity contribution in [3.05, 3.63) is 50.1 Å². The highest BCUT2D eigenvalue weighted by Crippen LogP contribution is 2.42. The number of anilines is 1. The van der Waals surface area contributed by atoms with E-state index >= 15 is 0 Å². The smallest absolute Gasteiger partial charge is 0.410 e. The van der Waals surface area contributed by atoms with Gasteiger partial charge in [0.2, 0.25) is 0 Å². The number of amides is 1. The molecule has 3 rings (SSSR count). The molecule has 1 aliphatic heterocycles. The quantitative estimate of drug-likeness (QED) is 0.525. The Kier molecular flexibility index (Phi) is 6.16. The molecular weight excluding hydrogens is 521 g/mol. The Hall–Kier alpha value is -2.12. The van der Waals surface area contributed by atoms with Gasteiger partial charge in [0.05, 0.1) is 17.4 Å². The number of halogens is 3. The summed E-state index contributed by atoms with van der Waals surface area (Å²) in [5.74, 6) is -0.0969. The molecule has 0 unspecified atom stereocenters. The molecule has 10 heteroatoms. The molecular formula is C20H22Br2FN5O2. The zero-order valence-electron chi connectivity index (χ0n) is 16.9. The Labute approximate surface area is 191 Å². The highest BCUT2D eigenvalue weighted by molar-refractivity contribution is 9.11. The number of likely N-dealkylation sites (tertiary alicyclic amines) is 1. The first-order chi connectivity index (χ1) is 14.0. The van der Waals surface area contributed by atoms with Gasteiger partial charge in [-0.05, 0) is 64.8 Å². The predicted octanol–water partition coefficient (Wildman–Crippen LogP) is 5.26. The average molecular weight is 543 g/mol. The fourth-order valence-electron chi connectivity index (χ4n) is 3.46. The van der Waals surface area contributed by atoms with Gasteiger partial charge in [-0.3, -0.25) is 0 Å². The Morgan fingerprint density at radius 3 is 2.37 bits per heavy atom. The van der Waals surface area contributed by atoms with Crippen LogP contribution >= 0.6 is 31.9 Å². The van der Waals surface area contributed by atoms with Crippen molar-refractivity contribution in [1.29, 1.82) is 0 Å². The Balaban J connectivity index is 1.88. The van der Waals surface area contributed by atoms with E-state index in [0.717, 1.165) is 0 Å². The van der Waals surface area contributed by atoms with Crippen LogP contribution < -0.4 is 5.73 Å². The molecule has 0 spiro atoms. The Morgan fingerprint density at radius 1 is 1.30 bits per heavy atom. The molecule has 0 radical (unpaired) electrons. The SMILES string of the molecule is [C-]#[N+]C1(c2cnn(-c3c(Br)cc(F)cc3Br)c2N)CCN(C(=O)OC(C)(C)C)CC1. The zero-order valence-corrected chi connectivity index (χ0v) is 20.0. The summed E-state index contributed by atoms with van der Waals surface area (Å²) < 4.78 is 21.5. The zero-order chi connectivity index (χ0) is 22.3. The number of ether oxygens (including phenoxy) is 1. The van der Waals surface area contributed by atoms with Crippen molar-refractivity contribution in [3.8, 4) is 5.69 Å². The number of nitrogens with two attached hydrogens (primary N) is 1. The molecule has 1 amide bonds. The maximum atomic E-state index is 13.6. The average Bonchev–Trinajstić information content (AvgIpc) is 3.01. The first-order valence-corrected chi connectivity index (χ1v) is 10.9. The number of rotatable bonds is 2. The van der Waals surface area contributed by atoms with Crippen LogP contribution in [0.25, 0.3) is 10.5 Å². The number of hydrogen-bond acceptors (Lipinski definition) is 4. The van der Waals surface area contributed by atoms with Gasteiger partial charge in [-0.25, -0.2) is 20.4 Å². The van der Waals surface area contributed by atoms with Crippen molar-refractivity contribution < 1.29 is 13.9 Å². The summed E-state index contributed by atoms with van der Waals surface area (Å²) in [4.78, 5) is 17.9. The Morgan fingerprint density at radius 2 is 1.87 bits per heavy atom. The predicted molar refractivity (Wildman–Crippen MR) is 119 cm³/mol. The molecule has 1 saturated heterocycles. The number of carbonyl (C=O) groups excluding carboxylic acids is 1. The summed E-state index contributed by atoms with van der Waals surface area (Å²) >= 11 is 6.69. The molecule has 160 valence electrons. The van der Waals surface area contributed by atoms with Crippen LogP contribution in [-0.2, 0) is 10.3 Å². The third-order valence-electron chi connectivity index (χ3n) is 4.96. The highest BCUT2D eigenvalue weighted by Gasteiger charge is 2.47. The van der Waals surface area contributed by atoms with Crippen LogP contribution in [0.15, 0.2) is 27.3 Å². The first kappa shape index (κ1) is 22.6. The highest BCUT2D eigenvalue weighted by atomic mass is 79.9. The molecule has 0 atom stereocenters. The summed E-state index contributed by atoms with van der Waals surface area (Å²) in [7, 11) is 0. The normalized spacial score (nSPS) is 16.2. The first-order valence-electron chi connectivity index (χ1n) is 9.33. The summed E-state index contributed by atoms with van der Waals surface area (Å²) in [6, 6.07) is 2.65. The van der Waals surface area contributed by atoms with Gasteiger partial charge in [0, 0.05) is 34.9 Å². The molecule has 0 aliphatic carbocycles. The fraction of sp³-hybridized carbons (Fsp3) is 0.450. The van der Waals surface area contributed by atoms with Gasteiger partial charge in [0.1, 0.15) is 17.2 Å². The van der Waals surface area contributed by atoms with Crippen molar-refractivity contribution in [2.24, 2.45) is 0 Å². The molecule has 2 aromatic rings. The molecule has 0 saturated carbocycles. The van der Waals surface area contributed by atoms with Gasteiger partial charge in [0.25, 0.3) is 5.54 Å². The van der Waals surface area contributed by atoms with E-state index in [2.05, 4.69) is 41.8 Å². The molecule has 1 aromatic carbocycles. The maximum absolute atomic E-state index is 13.6. The second kappa shape index (κ2) is 8.19. The van der Waals surface area contributed by atoms with Crippen LogP contribution in [0.1, 0.15) is 39.2 Å². The van der Waals surface area contributed by atoms with Gasteiger partial charge in [-0.2, -0.15) is 5.10 Å². The number of nitrogens with zero attached hydrogens (tertiary/aromatic N) is 4. The monoisotopic (exact) mass is 541 g/mol. The van der Waals surface area contributed by atoms with E-state index in [1.807, 2.05) is 20.8 Å². The van der Waals surface area contributed by atoms with E-state index in [1.165, 1.54) is 16.8 Å². The standard InChI is InChI=1S/C20H22Br2FN5O2/c1-19(2,3)30-18(29)27-7-5-20(25-4,6-8-27)13-11-26-28(17(13)24)16-14(21)9-12(23)10-15(16)22/h9-11H,5-8,24H2,1-3H3. The lowest BCUT2D eigenvalue weighted by Crippen LogP contribution is -2.45. The lowest BCUT2D eigenvalue weighted by atomic mass is 9.83. The third-order valence-corrected chi connectivity index (χ3v) is 6.17. The topological polar surface area (TPSA) is 77.7 Å². The van der Waals surface area contributed by atoms with E-state index in [4.69, 9.17) is 17.0 Å². The van der Waals surface area contributed by atoms with Crippen molar-refractivity contribution in [3.63, 3.8) is 0 Å². The van der Waals surface area contributed by atoms with E-state index in [-0.39, 0.29) is 6.09 Å². The summed E-state index contributed by atoms with van der Waals surface area (Å²) in [6.45, 7) is 14.1. The van der Waals surface area contributed by atoms with Gasteiger partial charge in [-0.15, -0.1) is 0 Å². The Bertz CT molecular complexity index is 994. The minimum atomic E-state index is -0.889. The fourth-order valence-corrected chi connectivity index (χ4v) is 4.93. The number of carbonyl (C=O) groups is 1.